The van der Waals surface area contributed by atoms with Crippen LogP contribution < -0.4 is 15.0 Å². The Hall–Kier alpha value is -2.60. The van der Waals surface area contributed by atoms with Gasteiger partial charge in [0.15, 0.2) is 0 Å². The van der Waals surface area contributed by atoms with Crippen LogP contribution in [0.3, 0.4) is 0 Å². The van der Waals surface area contributed by atoms with Crippen LogP contribution in [0.25, 0.3) is 0 Å². The molecule has 136 valence electrons. The van der Waals surface area contributed by atoms with Crippen LogP contribution in [0, 0.1) is 0 Å². The van der Waals surface area contributed by atoms with Crippen molar-refractivity contribution in [3.05, 3.63) is 53.3 Å². The van der Waals surface area contributed by atoms with E-state index in [4.69, 9.17) is 16.3 Å². The number of hydrogen-bond acceptors (Lipinski definition) is 4. The molecule has 0 fully saturated rings. The Kier molecular flexibility index (Phi) is 5.73. The largest absolute Gasteiger partial charge is 0.487 e. The van der Waals surface area contributed by atoms with Gasteiger partial charge in [-0.2, -0.15) is 0 Å². The Labute approximate surface area is 157 Å². The van der Waals surface area contributed by atoms with Crippen molar-refractivity contribution in [2.45, 2.75) is 32.4 Å². The van der Waals surface area contributed by atoms with E-state index in [2.05, 4.69) is 10.3 Å². The molecule has 7 heteroatoms. The number of fused-ring (bicyclic) bond motifs is 1. The summed E-state index contributed by atoms with van der Waals surface area (Å²) < 4.78 is 5.74. The molecule has 0 radical (unpaired) electrons. The summed E-state index contributed by atoms with van der Waals surface area (Å²) >= 11 is 6.05. The summed E-state index contributed by atoms with van der Waals surface area (Å²) in [5.41, 5.74) is 1.56. The fourth-order valence-corrected chi connectivity index (χ4v) is 2.96. The van der Waals surface area contributed by atoms with Crippen LogP contribution in [0.5, 0.6) is 5.75 Å². The number of pyridine rings is 1. The third-order valence-electron chi connectivity index (χ3n) is 4.06. The minimum Gasteiger partial charge on any atom is -0.487 e. The topological polar surface area (TPSA) is 71.5 Å². The van der Waals surface area contributed by atoms with Crippen molar-refractivity contribution in [1.29, 1.82) is 0 Å². The van der Waals surface area contributed by atoms with E-state index in [-0.39, 0.29) is 30.8 Å². The summed E-state index contributed by atoms with van der Waals surface area (Å²) in [7, 11) is 0. The maximum Gasteiger partial charge on any atom is 0.227 e. The lowest BCUT2D eigenvalue weighted by molar-refractivity contribution is -0.125. The van der Waals surface area contributed by atoms with Gasteiger partial charge in [0.25, 0.3) is 0 Å². The summed E-state index contributed by atoms with van der Waals surface area (Å²) in [6.45, 7) is 2.73. The number of anilines is 1. The van der Waals surface area contributed by atoms with E-state index in [1.165, 1.54) is 0 Å². The summed E-state index contributed by atoms with van der Waals surface area (Å²) in [4.78, 5) is 30.3. The van der Waals surface area contributed by atoms with Crippen LogP contribution >= 0.6 is 11.6 Å². The number of halogens is 1. The third kappa shape index (κ3) is 4.52. The van der Waals surface area contributed by atoms with Crippen molar-refractivity contribution in [1.82, 2.24) is 10.3 Å². The van der Waals surface area contributed by atoms with E-state index >= 15 is 0 Å². The first-order chi connectivity index (χ1) is 12.5. The highest BCUT2D eigenvalue weighted by molar-refractivity contribution is 6.31. The first kappa shape index (κ1) is 18.2. The maximum absolute atomic E-state index is 12.6. The molecule has 26 heavy (non-hydrogen) atoms. The quantitative estimate of drug-likeness (QED) is 0.874. The SMILES string of the molecule is CC1CN(C(=O)CCC(=O)NCc2cccnc2)c2cc(Cl)ccc2O1. The van der Waals surface area contributed by atoms with Gasteiger partial charge in [0.05, 0.1) is 12.2 Å². The molecule has 3 rings (SSSR count). The number of carbonyl (C=O) groups is 2. The Morgan fingerprint density at radius 2 is 2.19 bits per heavy atom. The molecule has 1 aromatic carbocycles. The molecule has 0 saturated carbocycles. The van der Waals surface area contributed by atoms with Crippen LogP contribution in [0.2, 0.25) is 5.02 Å². The van der Waals surface area contributed by atoms with E-state index in [1.807, 2.05) is 19.1 Å². The van der Waals surface area contributed by atoms with Crippen LogP contribution in [0.15, 0.2) is 42.7 Å². The van der Waals surface area contributed by atoms with Gasteiger partial charge < -0.3 is 15.0 Å². The van der Waals surface area contributed by atoms with Gasteiger partial charge >= 0.3 is 0 Å². The van der Waals surface area contributed by atoms with E-state index < -0.39 is 0 Å². The molecule has 0 aliphatic carbocycles. The molecule has 0 bridgehead atoms. The van der Waals surface area contributed by atoms with Gasteiger partial charge in [0.2, 0.25) is 11.8 Å². The van der Waals surface area contributed by atoms with Crippen molar-refractivity contribution in [2.75, 3.05) is 11.4 Å². The monoisotopic (exact) mass is 373 g/mol. The van der Waals surface area contributed by atoms with Crippen molar-refractivity contribution >= 4 is 29.1 Å². The maximum atomic E-state index is 12.6. The summed E-state index contributed by atoms with van der Waals surface area (Å²) in [5.74, 6) is 0.331. The average molecular weight is 374 g/mol. The minimum absolute atomic E-state index is 0.118. The van der Waals surface area contributed by atoms with Gasteiger partial charge in [-0.05, 0) is 36.8 Å². The Morgan fingerprint density at radius 1 is 1.35 bits per heavy atom. The zero-order chi connectivity index (χ0) is 18.5. The number of carbonyl (C=O) groups excluding carboxylic acids is 2. The molecule has 1 atom stereocenters. The molecule has 1 aliphatic heterocycles. The first-order valence-electron chi connectivity index (χ1n) is 8.45. The Bertz CT molecular complexity index is 798. The number of nitrogens with zero attached hydrogens (tertiary/aromatic N) is 2. The zero-order valence-electron chi connectivity index (χ0n) is 14.4. The van der Waals surface area contributed by atoms with Gasteiger partial charge in [-0.25, -0.2) is 0 Å². The van der Waals surface area contributed by atoms with Crippen molar-refractivity contribution in [3.8, 4) is 5.75 Å². The van der Waals surface area contributed by atoms with E-state index in [0.29, 0.717) is 29.5 Å². The Balaban J connectivity index is 1.56. The van der Waals surface area contributed by atoms with Crippen LogP contribution in [0.4, 0.5) is 5.69 Å². The third-order valence-corrected chi connectivity index (χ3v) is 4.29. The average Bonchev–Trinajstić information content (AvgIpc) is 2.65. The molecular formula is C19H20ClN3O3. The van der Waals surface area contributed by atoms with E-state index in [1.54, 1.807) is 35.5 Å². The molecular weight excluding hydrogens is 354 g/mol. The van der Waals surface area contributed by atoms with Gasteiger partial charge in [0, 0.05) is 36.8 Å². The lowest BCUT2D eigenvalue weighted by Gasteiger charge is -2.33. The molecule has 1 unspecified atom stereocenters. The fraction of sp³-hybridized carbons (Fsp3) is 0.316. The normalized spacial score (nSPS) is 15.8. The number of rotatable bonds is 5. The highest BCUT2D eigenvalue weighted by atomic mass is 35.5. The number of hydrogen-bond donors (Lipinski definition) is 1. The lowest BCUT2D eigenvalue weighted by Crippen LogP contribution is -2.42. The number of benzene rings is 1. The van der Waals surface area contributed by atoms with Crippen LogP contribution in [-0.4, -0.2) is 29.4 Å². The zero-order valence-corrected chi connectivity index (χ0v) is 15.2. The highest BCUT2D eigenvalue weighted by Gasteiger charge is 2.27. The molecule has 1 N–H and O–H groups in total. The van der Waals surface area contributed by atoms with Crippen molar-refractivity contribution in [3.63, 3.8) is 0 Å². The number of nitrogens with one attached hydrogen (secondary N) is 1. The molecule has 1 aliphatic rings. The van der Waals surface area contributed by atoms with Gasteiger partial charge in [0.1, 0.15) is 11.9 Å². The molecule has 2 heterocycles. The molecule has 6 nitrogen and oxygen atoms in total. The molecule has 2 amide bonds. The summed E-state index contributed by atoms with van der Waals surface area (Å²) in [5, 5.41) is 3.33. The molecule has 0 saturated heterocycles. The molecule has 1 aromatic heterocycles. The van der Waals surface area contributed by atoms with Gasteiger partial charge in [-0.3, -0.25) is 14.6 Å². The lowest BCUT2D eigenvalue weighted by atomic mass is 10.1. The molecule has 2 aromatic rings. The van der Waals surface area contributed by atoms with Crippen LogP contribution in [-0.2, 0) is 16.1 Å². The molecule has 0 spiro atoms. The van der Waals surface area contributed by atoms with Crippen molar-refractivity contribution < 1.29 is 14.3 Å². The summed E-state index contributed by atoms with van der Waals surface area (Å²) in [6.07, 6.45) is 3.50. The minimum atomic E-state index is -0.171. The number of ether oxygens (including phenoxy) is 1. The van der Waals surface area contributed by atoms with Gasteiger partial charge in [-0.15, -0.1) is 0 Å². The Morgan fingerprint density at radius 3 is 2.96 bits per heavy atom. The number of aromatic nitrogens is 1. The van der Waals surface area contributed by atoms with Gasteiger partial charge in [-0.1, -0.05) is 17.7 Å². The summed E-state index contributed by atoms with van der Waals surface area (Å²) in [6, 6.07) is 8.89. The van der Waals surface area contributed by atoms with E-state index in [9.17, 15) is 9.59 Å². The smallest absolute Gasteiger partial charge is 0.227 e. The second-order valence-corrected chi connectivity index (χ2v) is 6.62. The first-order valence-corrected chi connectivity index (χ1v) is 8.83. The second kappa shape index (κ2) is 8.19. The fourth-order valence-electron chi connectivity index (χ4n) is 2.79. The van der Waals surface area contributed by atoms with Crippen molar-refractivity contribution in [2.24, 2.45) is 0 Å². The van der Waals surface area contributed by atoms with E-state index in [0.717, 1.165) is 5.56 Å². The second-order valence-electron chi connectivity index (χ2n) is 6.18. The van der Waals surface area contributed by atoms with Crippen LogP contribution in [0.1, 0.15) is 25.3 Å². The number of amides is 2. The highest BCUT2D eigenvalue weighted by Crippen LogP contribution is 2.36. The standard InChI is InChI=1S/C19H20ClN3O3/c1-13-12-23(16-9-15(20)4-5-17(16)26-13)19(25)7-6-18(24)22-11-14-3-2-8-21-10-14/h2-5,8-10,13H,6-7,11-12H2,1H3,(H,22,24). The predicted octanol–water partition coefficient (Wildman–Crippen LogP) is 2.95. The predicted molar refractivity (Wildman–Crippen MR) is 99.2 cm³/mol.